The summed E-state index contributed by atoms with van der Waals surface area (Å²) in [4.78, 5) is 2.68. The van der Waals surface area contributed by atoms with Gasteiger partial charge in [0.1, 0.15) is 0 Å². The van der Waals surface area contributed by atoms with Crippen molar-refractivity contribution in [1.29, 1.82) is 0 Å². The van der Waals surface area contributed by atoms with Crippen LogP contribution in [0.5, 0.6) is 0 Å². The highest BCUT2D eigenvalue weighted by atomic mass is 15.2. The van der Waals surface area contributed by atoms with Crippen LogP contribution in [0.1, 0.15) is 72.6 Å². The Morgan fingerprint density at radius 3 is 2.33 bits per heavy atom. The van der Waals surface area contributed by atoms with Gasteiger partial charge in [0.05, 0.1) is 0 Å². The summed E-state index contributed by atoms with van der Waals surface area (Å²) < 4.78 is 0. The molecule has 18 heavy (non-hydrogen) atoms. The van der Waals surface area contributed by atoms with Gasteiger partial charge in [0.25, 0.3) is 0 Å². The van der Waals surface area contributed by atoms with E-state index in [-0.39, 0.29) is 5.54 Å². The SMILES string of the molecule is CCCCCCCC(C)(CN)N1CC(C)CC1C. The van der Waals surface area contributed by atoms with E-state index < -0.39 is 0 Å². The summed E-state index contributed by atoms with van der Waals surface area (Å²) in [6.45, 7) is 11.4. The first-order valence-electron chi connectivity index (χ1n) is 8.00. The van der Waals surface area contributed by atoms with E-state index in [0.29, 0.717) is 6.04 Å². The third-order valence-corrected chi connectivity index (χ3v) is 4.74. The van der Waals surface area contributed by atoms with Crippen LogP contribution in [-0.2, 0) is 0 Å². The average Bonchev–Trinajstić information content (AvgIpc) is 2.68. The lowest BCUT2D eigenvalue weighted by Gasteiger charge is -2.41. The molecule has 0 aromatic carbocycles. The molecule has 0 aromatic rings. The monoisotopic (exact) mass is 254 g/mol. The molecule has 2 N–H and O–H groups in total. The Morgan fingerprint density at radius 2 is 1.83 bits per heavy atom. The molecule has 0 saturated carbocycles. The Bertz CT molecular complexity index is 229. The van der Waals surface area contributed by atoms with Crippen LogP contribution in [-0.4, -0.2) is 29.6 Å². The van der Waals surface area contributed by atoms with E-state index >= 15 is 0 Å². The molecule has 1 aliphatic rings. The highest BCUT2D eigenvalue weighted by molar-refractivity contribution is 4.94. The van der Waals surface area contributed by atoms with E-state index in [1.807, 2.05) is 0 Å². The predicted octanol–water partition coefficient (Wildman–Crippen LogP) is 3.79. The molecular weight excluding hydrogens is 220 g/mol. The van der Waals surface area contributed by atoms with Gasteiger partial charge in [0.2, 0.25) is 0 Å². The van der Waals surface area contributed by atoms with Crippen LogP contribution in [0.2, 0.25) is 0 Å². The Hall–Kier alpha value is -0.0800. The van der Waals surface area contributed by atoms with E-state index in [1.165, 1.54) is 51.5 Å². The molecule has 1 rings (SSSR count). The summed E-state index contributed by atoms with van der Waals surface area (Å²) in [5.41, 5.74) is 6.33. The van der Waals surface area contributed by atoms with E-state index in [1.54, 1.807) is 0 Å². The molecule has 1 heterocycles. The third-order valence-electron chi connectivity index (χ3n) is 4.74. The van der Waals surface area contributed by atoms with Crippen molar-refractivity contribution in [1.82, 2.24) is 4.90 Å². The van der Waals surface area contributed by atoms with Gasteiger partial charge in [0.15, 0.2) is 0 Å². The van der Waals surface area contributed by atoms with Gasteiger partial charge in [-0.3, -0.25) is 4.90 Å². The van der Waals surface area contributed by atoms with Gasteiger partial charge < -0.3 is 5.73 Å². The van der Waals surface area contributed by atoms with Crippen LogP contribution in [0.4, 0.5) is 0 Å². The highest BCUT2D eigenvalue weighted by Crippen LogP contribution is 2.32. The summed E-state index contributed by atoms with van der Waals surface area (Å²) in [6, 6.07) is 0.712. The number of hydrogen-bond donors (Lipinski definition) is 1. The number of nitrogens with two attached hydrogens (primary N) is 1. The number of nitrogens with zero attached hydrogens (tertiary/aromatic N) is 1. The molecule has 1 saturated heterocycles. The van der Waals surface area contributed by atoms with Crippen molar-refractivity contribution < 1.29 is 0 Å². The van der Waals surface area contributed by atoms with E-state index in [4.69, 9.17) is 5.73 Å². The minimum absolute atomic E-state index is 0.233. The molecule has 1 fully saturated rings. The van der Waals surface area contributed by atoms with Gasteiger partial charge >= 0.3 is 0 Å². The molecule has 3 atom stereocenters. The van der Waals surface area contributed by atoms with Crippen molar-refractivity contribution in [3.05, 3.63) is 0 Å². The van der Waals surface area contributed by atoms with Crippen molar-refractivity contribution in [3.8, 4) is 0 Å². The molecule has 2 nitrogen and oxygen atoms in total. The minimum Gasteiger partial charge on any atom is -0.329 e. The van der Waals surface area contributed by atoms with Crippen molar-refractivity contribution >= 4 is 0 Å². The molecule has 2 heteroatoms. The van der Waals surface area contributed by atoms with Gasteiger partial charge in [-0.25, -0.2) is 0 Å². The van der Waals surface area contributed by atoms with Crippen LogP contribution in [0.25, 0.3) is 0 Å². The third kappa shape index (κ3) is 4.24. The fourth-order valence-corrected chi connectivity index (χ4v) is 3.52. The van der Waals surface area contributed by atoms with E-state index in [9.17, 15) is 0 Å². The maximum absolute atomic E-state index is 6.09. The van der Waals surface area contributed by atoms with Crippen LogP contribution in [0, 0.1) is 5.92 Å². The molecule has 0 amide bonds. The lowest BCUT2D eigenvalue weighted by molar-refractivity contribution is 0.0896. The standard InChI is InChI=1S/C16H34N2/c1-5-6-7-8-9-10-16(4,13-17)18-12-14(2)11-15(18)3/h14-15H,5-13,17H2,1-4H3. The van der Waals surface area contributed by atoms with Gasteiger partial charge in [-0.15, -0.1) is 0 Å². The second-order valence-corrected chi connectivity index (χ2v) is 6.71. The van der Waals surface area contributed by atoms with E-state index in [0.717, 1.165) is 12.5 Å². The molecule has 0 radical (unpaired) electrons. The summed E-state index contributed by atoms with van der Waals surface area (Å²) in [5, 5.41) is 0. The summed E-state index contributed by atoms with van der Waals surface area (Å²) >= 11 is 0. The maximum Gasteiger partial charge on any atom is 0.0306 e. The molecule has 0 bridgehead atoms. The van der Waals surface area contributed by atoms with Gasteiger partial charge in [-0.05, 0) is 32.6 Å². The molecule has 0 aliphatic carbocycles. The summed E-state index contributed by atoms with van der Waals surface area (Å²) in [7, 11) is 0. The van der Waals surface area contributed by atoms with Crippen LogP contribution < -0.4 is 5.73 Å². The predicted molar refractivity (Wildman–Crippen MR) is 80.8 cm³/mol. The largest absolute Gasteiger partial charge is 0.329 e. The molecule has 108 valence electrons. The number of rotatable bonds is 8. The molecule has 3 unspecified atom stereocenters. The van der Waals surface area contributed by atoms with Crippen molar-refractivity contribution in [2.45, 2.75) is 84.2 Å². The van der Waals surface area contributed by atoms with Crippen molar-refractivity contribution in [2.75, 3.05) is 13.1 Å². The molecule has 1 aliphatic heterocycles. The van der Waals surface area contributed by atoms with Crippen LogP contribution in [0.15, 0.2) is 0 Å². The van der Waals surface area contributed by atoms with Crippen molar-refractivity contribution in [2.24, 2.45) is 11.7 Å². The molecule has 0 aromatic heterocycles. The number of unbranched alkanes of at least 4 members (excludes halogenated alkanes) is 4. The number of likely N-dealkylation sites (tertiary alicyclic amines) is 1. The summed E-state index contributed by atoms with van der Waals surface area (Å²) in [6.07, 6.45) is 9.43. The first-order valence-corrected chi connectivity index (χ1v) is 8.00. The van der Waals surface area contributed by atoms with Gasteiger partial charge in [-0.2, -0.15) is 0 Å². The fourth-order valence-electron chi connectivity index (χ4n) is 3.52. The first kappa shape index (κ1) is 16.0. The maximum atomic E-state index is 6.09. The normalized spacial score (nSPS) is 28.5. The Balaban J connectivity index is 2.41. The van der Waals surface area contributed by atoms with Crippen LogP contribution in [0.3, 0.4) is 0 Å². The molecular formula is C16H34N2. The van der Waals surface area contributed by atoms with Gasteiger partial charge in [0, 0.05) is 24.7 Å². The van der Waals surface area contributed by atoms with Crippen LogP contribution >= 0.6 is 0 Å². The molecule has 0 spiro atoms. The Morgan fingerprint density at radius 1 is 1.17 bits per heavy atom. The first-order chi connectivity index (χ1) is 8.53. The second-order valence-electron chi connectivity index (χ2n) is 6.71. The Labute approximate surface area is 114 Å². The van der Waals surface area contributed by atoms with E-state index in [2.05, 4.69) is 32.6 Å². The zero-order valence-corrected chi connectivity index (χ0v) is 13.0. The smallest absolute Gasteiger partial charge is 0.0306 e. The topological polar surface area (TPSA) is 29.3 Å². The highest BCUT2D eigenvalue weighted by Gasteiger charge is 2.38. The van der Waals surface area contributed by atoms with Gasteiger partial charge in [-0.1, -0.05) is 46.0 Å². The quantitative estimate of drug-likeness (QED) is 0.668. The Kier molecular flexibility index (Phi) is 6.65. The number of hydrogen-bond acceptors (Lipinski definition) is 2. The second kappa shape index (κ2) is 7.49. The zero-order valence-electron chi connectivity index (χ0n) is 13.0. The fraction of sp³-hybridized carbons (Fsp3) is 1.00. The lowest BCUT2D eigenvalue weighted by atomic mass is 9.91. The minimum atomic E-state index is 0.233. The van der Waals surface area contributed by atoms with Crippen molar-refractivity contribution in [3.63, 3.8) is 0 Å². The average molecular weight is 254 g/mol. The lowest BCUT2D eigenvalue weighted by Crippen LogP contribution is -2.53. The summed E-state index contributed by atoms with van der Waals surface area (Å²) in [5.74, 6) is 0.839. The zero-order chi connectivity index (χ0) is 13.6.